The maximum Gasteiger partial charge on any atom is 0.435 e. The first-order valence-corrected chi connectivity index (χ1v) is 6.89. The second kappa shape index (κ2) is 6.48. The second-order valence-electron chi connectivity index (χ2n) is 5.79. The molecule has 2 aromatic rings. The highest BCUT2D eigenvalue weighted by Crippen LogP contribution is 2.15. The molecule has 23 heavy (non-hydrogen) atoms. The topological polar surface area (TPSA) is 77.1 Å². The zero-order chi connectivity index (χ0) is 17.0. The van der Waals surface area contributed by atoms with Crippen molar-refractivity contribution >= 4 is 6.09 Å². The van der Waals surface area contributed by atoms with Gasteiger partial charge in [-0.05, 0) is 32.9 Å². The molecule has 0 aliphatic rings. The van der Waals surface area contributed by atoms with Crippen LogP contribution in [0.4, 0.5) is 9.18 Å². The SMILES string of the molecule is CC(C)(C)OC(=O)n1ccc(OCc2ccc(C#N)cc2F)n1. The van der Waals surface area contributed by atoms with E-state index in [4.69, 9.17) is 14.7 Å². The van der Waals surface area contributed by atoms with E-state index in [0.717, 1.165) is 10.7 Å². The van der Waals surface area contributed by atoms with E-state index in [1.807, 2.05) is 6.07 Å². The van der Waals surface area contributed by atoms with Crippen LogP contribution >= 0.6 is 0 Å². The van der Waals surface area contributed by atoms with Crippen LogP contribution in [0.25, 0.3) is 0 Å². The van der Waals surface area contributed by atoms with Crippen LogP contribution in [0.5, 0.6) is 5.88 Å². The van der Waals surface area contributed by atoms with Gasteiger partial charge in [-0.3, -0.25) is 0 Å². The molecule has 6 nitrogen and oxygen atoms in total. The van der Waals surface area contributed by atoms with E-state index in [1.165, 1.54) is 24.4 Å². The summed E-state index contributed by atoms with van der Waals surface area (Å²) in [7, 11) is 0. The smallest absolute Gasteiger partial charge is 0.435 e. The quantitative estimate of drug-likeness (QED) is 0.868. The van der Waals surface area contributed by atoms with Crippen molar-refractivity contribution in [2.75, 3.05) is 0 Å². The lowest BCUT2D eigenvalue weighted by Gasteiger charge is -2.18. The van der Waals surface area contributed by atoms with Gasteiger partial charge in [0.2, 0.25) is 5.88 Å². The number of carbonyl (C=O) groups excluding carboxylic acids is 1. The summed E-state index contributed by atoms with van der Waals surface area (Å²) in [4.78, 5) is 11.8. The molecule has 0 amide bonds. The first-order chi connectivity index (χ1) is 10.8. The van der Waals surface area contributed by atoms with E-state index in [-0.39, 0.29) is 23.6 Å². The molecule has 0 fully saturated rings. The van der Waals surface area contributed by atoms with Crippen LogP contribution in [0.2, 0.25) is 0 Å². The standard InChI is InChI=1S/C16H16FN3O3/c1-16(2,3)23-15(21)20-7-6-14(19-20)22-10-12-5-4-11(9-18)8-13(12)17/h4-8H,10H2,1-3H3. The molecule has 0 aliphatic heterocycles. The van der Waals surface area contributed by atoms with Crippen LogP contribution in [-0.2, 0) is 11.3 Å². The van der Waals surface area contributed by atoms with Crippen LogP contribution in [-0.4, -0.2) is 21.5 Å². The summed E-state index contributed by atoms with van der Waals surface area (Å²) in [5.41, 5.74) is -0.105. The van der Waals surface area contributed by atoms with Gasteiger partial charge in [0.15, 0.2) is 0 Å². The van der Waals surface area contributed by atoms with Crippen LogP contribution in [0.3, 0.4) is 0 Å². The largest absolute Gasteiger partial charge is 0.472 e. The molecule has 0 radical (unpaired) electrons. The summed E-state index contributed by atoms with van der Waals surface area (Å²) in [5.74, 6) is -0.366. The van der Waals surface area contributed by atoms with Gasteiger partial charge >= 0.3 is 6.09 Å². The summed E-state index contributed by atoms with van der Waals surface area (Å²) < 4.78 is 25.2. The molecule has 120 valence electrons. The van der Waals surface area contributed by atoms with Crippen molar-refractivity contribution in [1.82, 2.24) is 9.78 Å². The third-order valence-electron chi connectivity index (χ3n) is 2.70. The molecule has 0 spiro atoms. The fourth-order valence-corrected chi connectivity index (χ4v) is 1.68. The number of ether oxygens (including phenoxy) is 2. The van der Waals surface area contributed by atoms with Crippen molar-refractivity contribution in [3.05, 3.63) is 47.4 Å². The molecule has 0 saturated carbocycles. The van der Waals surface area contributed by atoms with E-state index in [0.29, 0.717) is 0 Å². The highest BCUT2D eigenvalue weighted by Gasteiger charge is 2.18. The predicted octanol–water partition coefficient (Wildman–Crippen LogP) is 3.26. The Labute approximate surface area is 133 Å². The molecule has 1 heterocycles. The highest BCUT2D eigenvalue weighted by atomic mass is 19.1. The molecule has 0 aliphatic carbocycles. The van der Waals surface area contributed by atoms with Crippen molar-refractivity contribution in [2.45, 2.75) is 33.0 Å². The molecule has 0 bridgehead atoms. The number of hydrogen-bond acceptors (Lipinski definition) is 5. The Morgan fingerprint density at radius 3 is 2.74 bits per heavy atom. The number of aromatic nitrogens is 2. The molecule has 0 N–H and O–H groups in total. The number of carbonyl (C=O) groups is 1. The van der Waals surface area contributed by atoms with E-state index in [2.05, 4.69) is 5.10 Å². The van der Waals surface area contributed by atoms with Gasteiger partial charge in [-0.15, -0.1) is 5.10 Å². The van der Waals surface area contributed by atoms with Gasteiger partial charge in [0.05, 0.1) is 11.6 Å². The number of benzene rings is 1. The van der Waals surface area contributed by atoms with Crippen LogP contribution in [0.1, 0.15) is 31.9 Å². The van der Waals surface area contributed by atoms with Gasteiger partial charge in [0.1, 0.15) is 18.0 Å². The van der Waals surface area contributed by atoms with Crippen LogP contribution in [0.15, 0.2) is 30.5 Å². The number of hydrogen-bond donors (Lipinski definition) is 0. The summed E-state index contributed by atoms with van der Waals surface area (Å²) in [6.07, 6.45) is 0.773. The van der Waals surface area contributed by atoms with Crippen LogP contribution in [0, 0.1) is 17.1 Å². The fraction of sp³-hybridized carbons (Fsp3) is 0.312. The average molecular weight is 317 g/mol. The van der Waals surface area contributed by atoms with Gasteiger partial charge < -0.3 is 9.47 Å². The predicted molar refractivity (Wildman–Crippen MR) is 79.3 cm³/mol. The normalized spacial score (nSPS) is 10.9. The Bertz CT molecular complexity index is 757. The molecule has 7 heteroatoms. The van der Waals surface area contributed by atoms with Gasteiger partial charge in [-0.25, -0.2) is 9.18 Å². The fourth-order valence-electron chi connectivity index (χ4n) is 1.68. The van der Waals surface area contributed by atoms with Crippen LogP contribution < -0.4 is 4.74 Å². The molecular weight excluding hydrogens is 301 g/mol. The maximum atomic E-state index is 13.7. The number of nitriles is 1. The van der Waals surface area contributed by atoms with Gasteiger partial charge in [0, 0.05) is 17.8 Å². The Balaban J connectivity index is 2.00. The molecule has 0 saturated heterocycles. The monoisotopic (exact) mass is 317 g/mol. The number of nitrogens with zero attached hydrogens (tertiary/aromatic N) is 3. The lowest BCUT2D eigenvalue weighted by atomic mass is 10.1. The van der Waals surface area contributed by atoms with Crippen molar-refractivity contribution in [2.24, 2.45) is 0 Å². The van der Waals surface area contributed by atoms with E-state index < -0.39 is 17.5 Å². The average Bonchev–Trinajstić information content (AvgIpc) is 2.93. The highest BCUT2D eigenvalue weighted by molar-refractivity contribution is 5.69. The van der Waals surface area contributed by atoms with E-state index in [9.17, 15) is 9.18 Å². The minimum absolute atomic E-state index is 0.0666. The first-order valence-electron chi connectivity index (χ1n) is 6.89. The lowest BCUT2D eigenvalue weighted by molar-refractivity contribution is 0.0511. The number of rotatable bonds is 3. The Hall–Kier alpha value is -2.88. The van der Waals surface area contributed by atoms with Crippen molar-refractivity contribution < 1.29 is 18.7 Å². The summed E-state index contributed by atoms with van der Waals surface area (Å²) >= 11 is 0. The zero-order valence-electron chi connectivity index (χ0n) is 13.0. The zero-order valence-corrected chi connectivity index (χ0v) is 13.0. The summed E-state index contributed by atoms with van der Waals surface area (Å²) in [6, 6.07) is 7.44. The van der Waals surface area contributed by atoms with E-state index >= 15 is 0 Å². The molecule has 1 aromatic heterocycles. The third kappa shape index (κ3) is 4.54. The van der Waals surface area contributed by atoms with Crippen molar-refractivity contribution in [1.29, 1.82) is 5.26 Å². The lowest BCUT2D eigenvalue weighted by Crippen LogP contribution is -2.27. The van der Waals surface area contributed by atoms with Gasteiger partial charge in [-0.1, -0.05) is 6.07 Å². The summed E-state index contributed by atoms with van der Waals surface area (Å²) in [6.45, 7) is 5.18. The number of halogens is 1. The molecule has 0 atom stereocenters. The van der Waals surface area contributed by atoms with Gasteiger partial charge in [0.25, 0.3) is 0 Å². The van der Waals surface area contributed by atoms with E-state index in [1.54, 1.807) is 20.8 Å². The Kier molecular flexibility index (Phi) is 4.65. The minimum Gasteiger partial charge on any atom is -0.472 e. The molecule has 0 unspecified atom stereocenters. The Morgan fingerprint density at radius 1 is 1.39 bits per heavy atom. The minimum atomic E-state index is -0.629. The molecule has 2 rings (SSSR count). The van der Waals surface area contributed by atoms with Crippen molar-refractivity contribution in [3.63, 3.8) is 0 Å². The maximum absolute atomic E-state index is 13.7. The molecular formula is C16H16FN3O3. The van der Waals surface area contributed by atoms with Crippen molar-refractivity contribution in [3.8, 4) is 11.9 Å². The summed E-state index contributed by atoms with van der Waals surface area (Å²) in [5, 5.41) is 12.6. The van der Waals surface area contributed by atoms with Gasteiger partial charge in [-0.2, -0.15) is 9.94 Å². The molecule has 1 aromatic carbocycles. The first kappa shape index (κ1) is 16.5. The Morgan fingerprint density at radius 2 is 2.13 bits per heavy atom. The second-order valence-corrected chi connectivity index (χ2v) is 5.79. The third-order valence-corrected chi connectivity index (χ3v) is 2.70.